The molecule has 1 saturated carbocycles. The van der Waals surface area contributed by atoms with Crippen molar-refractivity contribution < 1.29 is 9.53 Å². The summed E-state index contributed by atoms with van der Waals surface area (Å²) in [5.41, 5.74) is 0. The molecule has 0 spiro atoms. The summed E-state index contributed by atoms with van der Waals surface area (Å²) in [6.45, 7) is 2.88. The van der Waals surface area contributed by atoms with Crippen LogP contribution in [0, 0.1) is 5.92 Å². The highest BCUT2D eigenvalue weighted by Crippen LogP contribution is 2.24. The number of carbonyl (C=O) groups excluding carboxylic acids is 1. The normalized spacial score (nSPS) is 27.4. The van der Waals surface area contributed by atoms with Gasteiger partial charge in [0.15, 0.2) is 0 Å². The lowest BCUT2D eigenvalue weighted by atomic mass is 9.85. The second-order valence-electron chi connectivity index (χ2n) is 4.69. The number of nitrogens with one attached hydrogen (secondary N) is 2. The molecule has 0 aromatic carbocycles. The van der Waals surface area contributed by atoms with Crippen molar-refractivity contribution in [2.45, 2.75) is 44.7 Å². The topological polar surface area (TPSA) is 50.4 Å². The fourth-order valence-corrected chi connectivity index (χ4v) is 2.43. The number of amides is 1. The highest BCUT2D eigenvalue weighted by molar-refractivity contribution is 5.78. The molecule has 1 atom stereocenters. The molecule has 0 aromatic heterocycles. The molecule has 1 aliphatic carbocycles. The van der Waals surface area contributed by atoms with Crippen LogP contribution >= 0.6 is 0 Å². The summed E-state index contributed by atoms with van der Waals surface area (Å²) in [6.07, 6.45) is 4.17. The van der Waals surface area contributed by atoms with E-state index < -0.39 is 0 Å². The highest BCUT2D eigenvalue weighted by atomic mass is 16.5. The third-order valence-electron chi connectivity index (χ3n) is 3.28. The van der Waals surface area contributed by atoms with Crippen LogP contribution in [0.2, 0.25) is 0 Å². The van der Waals surface area contributed by atoms with Crippen LogP contribution in [-0.2, 0) is 9.53 Å². The summed E-state index contributed by atoms with van der Waals surface area (Å²) in [6, 6.07) is 0.942. The minimum Gasteiger partial charge on any atom is -0.383 e. The zero-order valence-electron chi connectivity index (χ0n) is 10.6. The van der Waals surface area contributed by atoms with Gasteiger partial charge in [-0.05, 0) is 32.6 Å². The molecule has 2 N–H and O–H groups in total. The zero-order chi connectivity index (χ0) is 12.0. The lowest BCUT2D eigenvalue weighted by molar-refractivity contribution is -0.125. The summed E-state index contributed by atoms with van der Waals surface area (Å²) < 4.78 is 5.10. The van der Waals surface area contributed by atoms with Gasteiger partial charge in [-0.25, -0.2) is 0 Å². The number of methoxy groups -OCH3 is 1. The summed E-state index contributed by atoms with van der Waals surface area (Å²) in [5.74, 6) is 0.421. The lowest BCUT2D eigenvalue weighted by Crippen LogP contribution is -2.42. The van der Waals surface area contributed by atoms with Crippen LogP contribution in [0.4, 0.5) is 0 Å². The van der Waals surface area contributed by atoms with E-state index in [1.807, 2.05) is 0 Å². The Labute approximate surface area is 98.1 Å². The fourth-order valence-electron chi connectivity index (χ4n) is 2.43. The molecule has 1 aliphatic rings. The van der Waals surface area contributed by atoms with Crippen molar-refractivity contribution in [3.63, 3.8) is 0 Å². The minimum atomic E-state index is 0.198. The number of hydrogen-bond acceptors (Lipinski definition) is 3. The van der Waals surface area contributed by atoms with E-state index in [0.717, 1.165) is 32.3 Å². The first kappa shape index (κ1) is 13.5. The van der Waals surface area contributed by atoms with Gasteiger partial charge in [-0.2, -0.15) is 0 Å². The van der Waals surface area contributed by atoms with Crippen LogP contribution in [0.1, 0.15) is 32.6 Å². The predicted octanol–water partition coefficient (Wildman–Crippen LogP) is 0.916. The van der Waals surface area contributed by atoms with Gasteiger partial charge >= 0.3 is 0 Å². The van der Waals surface area contributed by atoms with E-state index in [9.17, 15) is 4.79 Å². The molecule has 1 rings (SSSR count). The van der Waals surface area contributed by atoms with Gasteiger partial charge in [-0.1, -0.05) is 0 Å². The Morgan fingerprint density at radius 1 is 1.38 bits per heavy atom. The van der Waals surface area contributed by atoms with Crippen molar-refractivity contribution in [3.05, 3.63) is 0 Å². The van der Waals surface area contributed by atoms with Crippen molar-refractivity contribution in [3.8, 4) is 0 Å². The van der Waals surface area contributed by atoms with E-state index in [1.165, 1.54) is 0 Å². The van der Waals surface area contributed by atoms with E-state index in [0.29, 0.717) is 12.1 Å². The fraction of sp³-hybridized carbons (Fsp3) is 0.917. The predicted molar refractivity (Wildman–Crippen MR) is 64.3 cm³/mol. The highest BCUT2D eigenvalue weighted by Gasteiger charge is 2.25. The third-order valence-corrected chi connectivity index (χ3v) is 3.28. The van der Waals surface area contributed by atoms with E-state index >= 15 is 0 Å². The number of carbonyl (C=O) groups is 1. The molecule has 1 unspecified atom stereocenters. The van der Waals surface area contributed by atoms with Gasteiger partial charge in [0.25, 0.3) is 0 Å². The summed E-state index contributed by atoms with van der Waals surface area (Å²) in [5, 5.41) is 6.27. The molecule has 94 valence electrons. The monoisotopic (exact) mass is 228 g/mol. The SMILES string of the molecule is CNC(=O)C1CCC(NC(C)COC)CC1. The molecular formula is C12H24N2O2. The first-order valence-corrected chi connectivity index (χ1v) is 6.14. The van der Waals surface area contributed by atoms with Crippen LogP contribution in [0.15, 0.2) is 0 Å². The number of rotatable bonds is 5. The van der Waals surface area contributed by atoms with Crippen molar-refractivity contribution in [2.75, 3.05) is 20.8 Å². The molecule has 1 fully saturated rings. The zero-order valence-corrected chi connectivity index (χ0v) is 10.6. The molecule has 0 aromatic rings. The Kier molecular flexibility index (Phi) is 5.77. The molecule has 0 aliphatic heterocycles. The van der Waals surface area contributed by atoms with Crippen LogP contribution in [-0.4, -0.2) is 38.8 Å². The van der Waals surface area contributed by atoms with Crippen molar-refractivity contribution in [1.82, 2.24) is 10.6 Å². The van der Waals surface area contributed by atoms with Gasteiger partial charge < -0.3 is 15.4 Å². The summed E-state index contributed by atoms with van der Waals surface area (Å²) in [4.78, 5) is 11.4. The Morgan fingerprint density at radius 3 is 2.50 bits per heavy atom. The van der Waals surface area contributed by atoms with Crippen LogP contribution in [0.5, 0.6) is 0 Å². The Hall–Kier alpha value is -0.610. The van der Waals surface area contributed by atoms with E-state index in [-0.39, 0.29) is 11.8 Å². The van der Waals surface area contributed by atoms with E-state index in [1.54, 1.807) is 14.2 Å². The van der Waals surface area contributed by atoms with Crippen molar-refractivity contribution in [1.29, 1.82) is 0 Å². The number of ether oxygens (including phenoxy) is 1. The molecule has 4 nitrogen and oxygen atoms in total. The number of hydrogen-bond donors (Lipinski definition) is 2. The average Bonchev–Trinajstić information content (AvgIpc) is 2.29. The maximum atomic E-state index is 11.4. The quantitative estimate of drug-likeness (QED) is 0.735. The van der Waals surface area contributed by atoms with Gasteiger partial charge in [-0.3, -0.25) is 4.79 Å². The Balaban J connectivity index is 2.24. The Bertz CT molecular complexity index is 213. The maximum absolute atomic E-state index is 11.4. The average molecular weight is 228 g/mol. The standard InChI is InChI=1S/C12H24N2O2/c1-9(8-16-3)14-11-6-4-10(5-7-11)12(15)13-2/h9-11,14H,4-8H2,1-3H3,(H,13,15). The van der Waals surface area contributed by atoms with E-state index in [2.05, 4.69) is 17.6 Å². The summed E-state index contributed by atoms with van der Waals surface area (Å²) in [7, 11) is 3.44. The molecule has 0 bridgehead atoms. The molecule has 0 radical (unpaired) electrons. The second kappa shape index (κ2) is 6.86. The van der Waals surface area contributed by atoms with Gasteiger partial charge in [0, 0.05) is 32.2 Å². The first-order chi connectivity index (χ1) is 7.67. The minimum absolute atomic E-state index is 0.198. The molecule has 16 heavy (non-hydrogen) atoms. The molecular weight excluding hydrogens is 204 g/mol. The van der Waals surface area contributed by atoms with Gasteiger partial charge in [-0.15, -0.1) is 0 Å². The second-order valence-corrected chi connectivity index (χ2v) is 4.69. The third kappa shape index (κ3) is 4.10. The van der Waals surface area contributed by atoms with Crippen LogP contribution in [0.25, 0.3) is 0 Å². The van der Waals surface area contributed by atoms with Crippen molar-refractivity contribution >= 4 is 5.91 Å². The van der Waals surface area contributed by atoms with Gasteiger partial charge in [0.2, 0.25) is 5.91 Å². The van der Waals surface area contributed by atoms with Crippen molar-refractivity contribution in [2.24, 2.45) is 5.92 Å². The van der Waals surface area contributed by atoms with Crippen LogP contribution < -0.4 is 10.6 Å². The molecule has 1 amide bonds. The van der Waals surface area contributed by atoms with E-state index in [4.69, 9.17) is 4.74 Å². The lowest BCUT2D eigenvalue weighted by Gasteiger charge is -2.30. The smallest absolute Gasteiger partial charge is 0.222 e. The van der Waals surface area contributed by atoms with Crippen LogP contribution in [0.3, 0.4) is 0 Å². The van der Waals surface area contributed by atoms with Gasteiger partial charge in [0.05, 0.1) is 6.61 Å². The van der Waals surface area contributed by atoms with Gasteiger partial charge in [0.1, 0.15) is 0 Å². The first-order valence-electron chi connectivity index (χ1n) is 6.14. The largest absolute Gasteiger partial charge is 0.383 e. The molecule has 4 heteroatoms. The maximum Gasteiger partial charge on any atom is 0.222 e. The molecule has 0 heterocycles. The summed E-state index contributed by atoms with van der Waals surface area (Å²) >= 11 is 0. The Morgan fingerprint density at radius 2 is 2.00 bits per heavy atom. The molecule has 0 saturated heterocycles.